The lowest BCUT2D eigenvalue weighted by molar-refractivity contribution is -0.128. The summed E-state index contributed by atoms with van der Waals surface area (Å²) >= 11 is 0. The third kappa shape index (κ3) is 4.21. The van der Waals surface area contributed by atoms with Gasteiger partial charge in [-0.15, -0.1) is 0 Å². The first-order chi connectivity index (χ1) is 12.1. The Hall–Kier alpha value is -3.65. The van der Waals surface area contributed by atoms with Crippen molar-refractivity contribution in [2.45, 2.75) is 0 Å². The van der Waals surface area contributed by atoms with Crippen LogP contribution < -0.4 is 4.74 Å². The molecule has 0 bridgehead atoms. The number of carbonyl (C=O) groups is 1. The van der Waals surface area contributed by atoms with Gasteiger partial charge < -0.3 is 4.74 Å². The Morgan fingerprint density at radius 2 is 1.76 bits per heavy atom. The van der Waals surface area contributed by atoms with E-state index in [1.54, 1.807) is 47.4 Å². The zero-order valence-corrected chi connectivity index (χ0v) is 13.6. The van der Waals surface area contributed by atoms with Gasteiger partial charge >= 0.3 is 5.97 Å². The third-order valence-electron chi connectivity index (χ3n) is 3.56. The van der Waals surface area contributed by atoms with Crippen molar-refractivity contribution >= 4 is 12.0 Å². The zero-order chi connectivity index (χ0) is 17.6. The maximum Gasteiger partial charge on any atom is 0.336 e. The Morgan fingerprint density at radius 1 is 1.12 bits per heavy atom. The lowest BCUT2D eigenvalue weighted by atomic mass is 10.0. The van der Waals surface area contributed by atoms with Gasteiger partial charge in [0.25, 0.3) is 0 Å². The standard InChI is InChI=1S/C20H15N3O2/c1-23-14-16(13-22-23)4-11-20(24)25-19-9-7-18(8-10-19)17-5-2-15(12-21)3-6-17/h2-11,13-14H,1H3/b11-4+. The number of hydrogen-bond acceptors (Lipinski definition) is 4. The largest absolute Gasteiger partial charge is 0.423 e. The van der Waals surface area contributed by atoms with Crippen molar-refractivity contribution in [3.05, 3.63) is 78.1 Å². The molecule has 1 heterocycles. The quantitative estimate of drug-likeness (QED) is 0.417. The first-order valence-corrected chi connectivity index (χ1v) is 7.63. The summed E-state index contributed by atoms with van der Waals surface area (Å²) in [5.74, 6) is 0.0215. The van der Waals surface area contributed by atoms with Crippen molar-refractivity contribution in [3.63, 3.8) is 0 Å². The zero-order valence-electron chi connectivity index (χ0n) is 13.6. The van der Waals surface area contributed by atoms with Gasteiger partial charge in [0.2, 0.25) is 0 Å². The Kier molecular flexibility index (Phi) is 4.72. The summed E-state index contributed by atoms with van der Waals surface area (Å²) in [6.45, 7) is 0. The molecule has 3 aromatic rings. The fourth-order valence-corrected chi connectivity index (χ4v) is 2.29. The fraction of sp³-hybridized carbons (Fsp3) is 0.0500. The van der Waals surface area contributed by atoms with Crippen molar-refractivity contribution in [1.29, 1.82) is 5.26 Å². The Balaban J connectivity index is 1.64. The van der Waals surface area contributed by atoms with Crippen LogP contribution in [0, 0.1) is 11.3 Å². The number of hydrogen-bond donors (Lipinski definition) is 0. The number of aromatic nitrogens is 2. The van der Waals surface area contributed by atoms with Crippen LogP contribution in [0.25, 0.3) is 17.2 Å². The SMILES string of the molecule is Cn1cc(/C=C/C(=O)Oc2ccc(-c3ccc(C#N)cc3)cc2)cn1. The van der Waals surface area contributed by atoms with Gasteiger partial charge in [-0.25, -0.2) is 4.79 Å². The lowest BCUT2D eigenvalue weighted by Gasteiger charge is -2.04. The topological polar surface area (TPSA) is 67.9 Å². The molecule has 0 atom stereocenters. The number of aryl methyl sites for hydroxylation is 1. The highest BCUT2D eigenvalue weighted by Gasteiger charge is 2.03. The summed E-state index contributed by atoms with van der Waals surface area (Å²) in [6, 6.07) is 16.6. The second-order valence-electron chi connectivity index (χ2n) is 5.42. The van der Waals surface area contributed by atoms with E-state index in [2.05, 4.69) is 11.2 Å². The predicted molar refractivity (Wildman–Crippen MR) is 94.5 cm³/mol. The molecule has 5 nitrogen and oxygen atoms in total. The molecule has 0 unspecified atom stereocenters. The van der Waals surface area contributed by atoms with E-state index in [4.69, 9.17) is 10.00 Å². The molecule has 0 fully saturated rings. The normalized spacial score (nSPS) is 10.6. The highest BCUT2D eigenvalue weighted by Crippen LogP contribution is 2.23. The van der Waals surface area contributed by atoms with Gasteiger partial charge in [0.15, 0.2) is 0 Å². The molecular weight excluding hydrogens is 314 g/mol. The van der Waals surface area contributed by atoms with Crippen molar-refractivity contribution < 1.29 is 9.53 Å². The van der Waals surface area contributed by atoms with E-state index in [1.165, 1.54) is 6.08 Å². The van der Waals surface area contributed by atoms with Crippen LogP contribution in [-0.4, -0.2) is 15.7 Å². The van der Waals surface area contributed by atoms with E-state index < -0.39 is 5.97 Å². The maximum absolute atomic E-state index is 11.9. The molecule has 0 saturated heterocycles. The van der Waals surface area contributed by atoms with Crippen LogP contribution in [0.2, 0.25) is 0 Å². The van der Waals surface area contributed by atoms with Crippen LogP contribution in [0.15, 0.2) is 67.0 Å². The van der Waals surface area contributed by atoms with Gasteiger partial charge in [-0.3, -0.25) is 4.68 Å². The minimum Gasteiger partial charge on any atom is -0.423 e. The van der Waals surface area contributed by atoms with Crippen LogP contribution in [0.3, 0.4) is 0 Å². The molecule has 0 amide bonds. The average Bonchev–Trinajstić information content (AvgIpc) is 3.06. The van der Waals surface area contributed by atoms with Gasteiger partial charge in [-0.1, -0.05) is 24.3 Å². The summed E-state index contributed by atoms with van der Waals surface area (Å²) in [6.07, 6.45) is 6.48. The number of carbonyl (C=O) groups excluding carboxylic acids is 1. The Morgan fingerprint density at radius 3 is 2.32 bits per heavy atom. The molecule has 25 heavy (non-hydrogen) atoms. The summed E-state index contributed by atoms with van der Waals surface area (Å²) < 4.78 is 6.93. The van der Waals surface area contributed by atoms with Gasteiger partial charge in [0.05, 0.1) is 17.8 Å². The van der Waals surface area contributed by atoms with E-state index in [0.717, 1.165) is 16.7 Å². The number of benzene rings is 2. The fourth-order valence-electron chi connectivity index (χ4n) is 2.29. The van der Waals surface area contributed by atoms with E-state index in [0.29, 0.717) is 11.3 Å². The van der Waals surface area contributed by atoms with Crippen LogP contribution in [0.4, 0.5) is 0 Å². The second kappa shape index (κ2) is 7.28. The summed E-state index contributed by atoms with van der Waals surface area (Å²) in [7, 11) is 1.81. The number of esters is 1. The number of nitriles is 1. The van der Waals surface area contributed by atoms with Crippen LogP contribution in [0.5, 0.6) is 5.75 Å². The van der Waals surface area contributed by atoms with E-state index in [1.807, 2.05) is 31.3 Å². The minimum absolute atomic E-state index is 0.449. The first-order valence-electron chi connectivity index (χ1n) is 7.63. The van der Waals surface area contributed by atoms with Crippen molar-refractivity contribution in [3.8, 4) is 22.9 Å². The predicted octanol–water partition coefficient (Wildman–Crippen LogP) is 3.58. The molecule has 0 spiro atoms. The molecular formula is C20H15N3O2. The molecule has 2 aromatic carbocycles. The van der Waals surface area contributed by atoms with Gasteiger partial charge in [-0.05, 0) is 41.5 Å². The van der Waals surface area contributed by atoms with Crippen molar-refractivity contribution in [2.75, 3.05) is 0 Å². The van der Waals surface area contributed by atoms with Crippen molar-refractivity contribution in [1.82, 2.24) is 9.78 Å². The second-order valence-corrected chi connectivity index (χ2v) is 5.42. The molecule has 0 radical (unpaired) electrons. The number of nitrogens with zero attached hydrogens (tertiary/aromatic N) is 3. The molecule has 0 aliphatic heterocycles. The molecule has 0 aliphatic carbocycles. The molecule has 0 N–H and O–H groups in total. The Labute approximate surface area is 145 Å². The summed E-state index contributed by atoms with van der Waals surface area (Å²) in [4.78, 5) is 11.9. The van der Waals surface area contributed by atoms with Gasteiger partial charge in [-0.2, -0.15) is 10.4 Å². The van der Waals surface area contributed by atoms with Gasteiger partial charge in [0.1, 0.15) is 5.75 Å². The molecule has 3 rings (SSSR count). The smallest absolute Gasteiger partial charge is 0.336 e. The van der Waals surface area contributed by atoms with Crippen LogP contribution >= 0.6 is 0 Å². The van der Waals surface area contributed by atoms with E-state index >= 15 is 0 Å². The molecule has 5 heteroatoms. The molecule has 122 valence electrons. The molecule has 0 saturated carbocycles. The highest BCUT2D eigenvalue weighted by atomic mass is 16.5. The first kappa shape index (κ1) is 16.2. The maximum atomic E-state index is 11.9. The molecule has 0 aliphatic rings. The van der Waals surface area contributed by atoms with Crippen LogP contribution in [-0.2, 0) is 11.8 Å². The van der Waals surface area contributed by atoms with Gasteiger partial charge in [0, 0.05) is 24.9 Å². The average molecular weight is 329 g/mol. The minimum atomic E-state index is -0.449. The van der Waals surface area contributed by atoms with E-state index in [9.17, 15) is 4.79 Å². The summed E-state index contributed by atoms with van der Waals surface area (Å²) in [5.41, 5.74) is 3.42. The Bertz CT molecular complexity index is 946. The number of rotatable bonds is 4. The third-order valence-corrected chi connectivity index (χ3v) is 3.56. The van der Waals surface area contributed by atoms with E-state index in [-0.39, 0.29) is 0 Å². The molecule has 1 aromatic heterocycles. The summed E-state index contributed by atoms with van der Waals surface area (Å²) in [5, 5.41) is 12.9. The number of ether oxygens (including phenoxy) is 1. The monoisotopic (exact) mass is 329 g/mol. The van der Waals surface area contributed by atoms with Crippen molar-refractivity contribution in [2.24, 2.45) is 7.05 Å². The highest BCUT2D eigenvalue weighted by molar-refractivity contribution is 5.88. The van der Waals surface area contributed by atoms with Crippen LogP contribution in [0.1, 0.15) is 11.1 Å². The lowest BCUT2D eigenvalue weighted by Crippen LogP contribution is -2.03.